The van der Waals surface area contributed by atoms with Crippen LogP contribution in [0.5, 0.6) is 0 Å². The van der Waals surface area contributed by atoms with E-state index in [-0.39, 0.29) is 18.0 Å². The van der Waals surface area contributed by atoms with Gasteiger partial charge < -0.3 is 9.80 Å². The van der Waals surface area contributed by atoms with E-state index >= 15 is 0 Å². The number of Topliss-reactive ketones (excluding diaryl/α,β-unsaturated/α-hetero) is 1. The van der Waals surface area contributed by atoms with E-state index < -0.39 is 0 Å². The minimum atomic E-state index is 0.0905. The lowest BCUT2D eigenvalue weighted by molar-refractivity contribution is -0.122. The number of unbranched alkanes of at least 4 members (excludes halogenated alkanes) is 1. The van der Waals surface area contributed by atoms with Crippen molar-refractivity contribution >= 4 is 17.4 Å². The van der Waals surface area contributed by atoms with Crippen LogP contribution in [0, 0.1) is 0 Å². The number of rotatable bonds is 5. The number of hydrogen-bond acceptors (Lipinski definition) is 3. The summed E-state index contributed by atoms with van der Waals surface area (Å²) in [5.41, 5.74) is 1.88. The fourth-order valence-corrected chi connectivity index (χ4v) is 3.83. The van der Waals surface area contributed by atoms with Crippen molar-refractivity contribution in [2.24, 2.45) is 0 Å². The van der Waals surface area contributed by atoms with E-state index in [2.05, 4.69) is 18.9 Å². The zero-order valence-corrected chi connectivity index (χ0v) is 14.1. The number of anilines is 1. The fraction of sp³-hybridized carbons (Fsp3) is 0.579. The Balaban J connectivity index is 1.70. The van der Waals surface area contributed by atoms with Crippen molar-refractivity contribution in [2.75, 3.05) is 18.5 Å². The molecule has 3 rings (SSSR count). The molecule has 2 aliphatic heterocycles. The highest BCUT2D eigenvalue weighted by Crippen LogP contribution is 2.35. The third kappa shape index (κ3) is 3.26. The number of benzene rings is 1. The molecule has 4 heteroatoms. The first-order valence-electron chi connectivity index (χ1n) is 8.75. The lowest BCUT2D eigenvalue weighted by atomic mass is 10.00. The zero-order valence-electron chi connectivity index (χ0n) is 14.1. The predicted octanol–water partition coefficient (Wildman–Crippen LogP) is 3.26. The molecule has 4 nitrogen and oxygen atoms in total. The van der Waals surface area contributed by atoms with Gasteiger partial charge in [-0.25, -0.2) is 0 Å². The van der Waals surface area contributed by atoms with Crippen LogP contribution in [0.1, 0.15) is 55.8 Å². The molecule has 0 saturated carbocycles. The summed E-state index contributed by atoms with van der Waals surface area (Å²) in [6.45, 7) is 3.22. The summed E-state index contributed by atoms with van der Waals surface area (Å²) in [5, 5.41) is 0. The average molecular weight is 314 g/mol. The third-order valence-corrected chi connectivity index (χ3v) is 5.18. The number of ketones is 1. The van der Waals surface area contributed by atoms with Crippen molar-refractivity contribution in [2.45, 2.75) is 57.5 Å². The van der Waals surface area contributed by atoms with E-state index in [4.69, 9.17) is 0 Å². The van der Waals surface area contributed by atoms with Crippen molar-refractivity contribution in [3.05, 3.63) is 29.8 Å². The molecule has 0 aliphatic carbocycles. The Morgan fingerprint density at radius 2 is 1.78 bits per heavy atom. The zero-order chi connectivity index (χ0) is 16.4. The van der Waals surface area contributed by atoms with E-state index in [1.165, 1.54) is 12.8 Å². The van der Waals surface area contributed by atoms with Crippen molar-refractivity contribution in [3.63, 3.8) is 0 Å². The van der Waals surface area contributed by atoms with E-state index in [1.807, 2.05) is 29.2 Å². The summed E-state index contributed by atoms with van der Waals surface area (Å²) < 4.78 is 0. The van der Waals surface area contributed by atoms with Crippen LogP contribution in [0.25, 0.3) is 0 Å². The molecule has 2 saturated heterocycles. The lowest BCUT2D eigenvalue weighted by Gasteiger charge is -2.34. The summed E-state index contributed by atoms with van der Waals surface area (Å²) in [4.78, 5) is 28.7. The molecule has 124 valence electrons. The number of hydrogen-bond donors (Lipinski definition) is 0. The van der Waals surface area contributed by atoms with Crippen LogP contribution in [0.15, 0.2) is 24.3 Å². The fourth-order valence-electron chi connectivity index (χ4n) is 3.83. The van der Waals surface area contributed by atoms with Crippen LogP contribution in [0.2, 0.25) is 0 Å². The molecule has 1 aromatic carbocycles. The summed E-state index contributed by atoms with van der Waals surface area (Å²) in [7, 11) is 2.09. The Hall–Kier alpha value is -1.84. The molecule has 1 aromatic rings. The van der Waals surface area contributed by atoms with Crippen molar-refractivity contribution < 1.29 is 9.59 Å². The van der Waals surface area contributed by atoms with Crippen molar-refractivity contribution in [1.29, 1.82) is 0 Å². The Morgan fingerprint density at radius 3 is 2.35 bits per heavy atom. The van der Waals surface area contributed by atoms with Gasteiger partial charge in [-0.05, 0) is 43.5 Å². The molecule has 1 amide bonds. The third-order valence-electron chi connectivity index (χ3n) is 5.18. The van der Waals surface area contributed by atoms with Gasteiger partial charge in [-0.1, -0.05) is 13.3 Å². The molecule has 0 radical (unpaired) electrons. The molecule has 0 N–H and O–H groups in total. The minimum absolute atomic E-state index is 0.0905. The van der Waals surface area contributed by atoms with Gasteiger partial charge in [0.25, 0.3) is 5.91 Å². The second-order valence-corrected chi connectivity index (χ2v) is 6.87. The lowest BCUT2D eigenvalue weighted by Crippen LogP contribution is -2.46. The van der Waals surface area contributed by atoms with Gasteiger partial charge in [-0.15, -0.1) is 0 Å². The van der Waals surface area contributed by atoms with Gasteiger partial charge in [0, 0.05) is 49.8 Å². The van der Waals surface area contributed by atoms with E-state index in [0.717, 1.165) is 30.6 Å². The maximum absolute atomic E-state index is 12.8. The molecule has 0 spiro atoms. The van der Waals surface area contributed by atoms with Crippen LogP contribution in [0.3, 0.4) is 0 Å². The van der Waals surface area contributed by atoms with Gasteiger partial charge in [-0.3, -0.25) is 9.59 Å². The van der Waals surface area contributed by atoms with Crippen LogP contribution in [-0.2, 0) is 4.79 Å². The molecular formula is C19H26N2O2. The van der Waals surface area contributed by atoms with Crippen LogP contribution >= 0.6 is 0 Å². The number of fused-ring (bicyclic) bond motifs is 2. The number of carbonyl (C=O) groups is 2. The Bertz CT molecular complexity index is 566. The number of piperidine rings is 1. The first kappa shape index (κ1) is 16.0. The maximum Gasteiger partial charge on any atom is 0.254 e. The normalized spacial score (nSPS) is 23.2. The summed E-state index contributed by atoms with van der Waals surface area (Å²) >= 11 is 0. The molecule has 2 heterocycles. The number of carbonyl (C=O) groups excluding carboxylic acids is 2. The van der Waals surface area contributed by atoms with E-state index in [1.54, 1.807) is 0 Å². The molecule has 0 aromatic heterocycles. The molecule has 23 heavy (non-hydrogen) atoms. The van der Waals surface area contributed by atoms with Crippen LogP contribution in [0.4, 0.5) is 5.69 Å². The van der Waals surface area contributed by atoms with Gasteiger partial charge in [-0.2, -0.15) is 0 Å². The van der Waals surface area contributed by atoms with Gasteiger partial charge >= 0.3 is 0 Å². The monoisotopic (exact) mass is 314 g/mol. The van der Waals surface area contributed by atoms with Crippen molar-refractivity contribution in [1.82, 2.24) is 4.90 Å². The molecule has 2 fully saturated rings. The quantitative estimate of drug-likeness (QED) is 0.837. The molecular weight excluding hydrogens is 288 g/mol. The van der Waals surface area contributed by atoms with Gasteiger partial charge in [0.15, 0.2) is 0 Å². The molecule has 2 bridgehead atoms. The highest BCUT2D eigenvalue weighted by molar-refractivity contribution is 5.96. The molecule has 2 unspecified atom stereocenters. The summed E-state index contributed by atoms with van der Waals surface area (Å²) in [6.07, 6.45) is 5.37. The largest absolute Gasteiger partial charge is 0.375 e. The SMILES string of the molecule is CCCCN(C)c1ccc(C(=O)N2C3CCC2CC(=O)C3)cc1. The summed E-state index contributed by atoms with van der Waals surface area (Å²) in [5.74, 6) is 0.405. The van der Waals surface area contributed by atoms with Gasteiger partial charge in [0.1, 0.15) is 5.78 Å². The summed E-state index contributed by atoms with van der Waals surface area (Å²) in [6, 6.07) is 8.16. The second kappa shape index (κ2) is 6.73. The Morgan fingerprint density at radius 1 is 1.17 bits per heavy atom. The topological polar surface area (TPSA) is 40.6 Å². The molecule has 2 aliphatic rings. The van der Waals surface area contributed by atoms with Crippen molar-refractivity contribution in [3.8, 4) is 0 Å². The molecule has 2 atom stereocenters. The Labute approximate surface area is 138 Å². The van der Waals surface area contributed by atoms with Gasteiger partial charge in [0.05, 0.1) is 0 Å². The van der Waals surface area contributed by atoms with E-state index in [0.29, 0.717) is 18.6 Å². The van der Waals surface area contributed by atoms with Crippen LogP contribution < -0.4 is 4.90 Å². The average Bonchev–Trinajstić information content (AvgIpc) is 2.83. The minimum Gasteiger partial charge on any atom is -0.375 e. The van der Waals surface area contributed by atoms with Crippen LogP contribution in [-0.4, -0.2) is 42.3 Å². The smallest absolute Gasteiger partial charge is 0.254 e. The first-order valence-corrected chi connectivity index (χ1v) is 8.75. The second-order valence-electron chi connectivity index (χ2n) is 6.87. The Kier molecular flexibility index (Phi) is 4.69. The highest BCUT2D eigenvalue weighted by atomic mass is 16.2. The first-order chi connectivity index (χ1) is 11.1. The standard InChI is InChI=1S/C19H26N2O2/c1-3-4-11-20(2)15-7-5-14(6-8-15)19(23)21-16-9-10-17(21)13-18(22)12-16/h5-8,16-17H,3-4,9-13H2,1-2H3. The number of nitrogens with zero attached hydrogens (tertiary/aromatic N) is 2. The van der Waals surface area contributed by atoms with Gasteiger partial charge in [0.2, 0.25) is 0 Å². The van der Waals surface area contributed by atoms with E-state index in [9.17, 15) is 9.59 Å². The number of amides is 1. The maximum atomic E-state index is 12.8. The highest BCUT2D eigenvalue weighted by Gasteiger charge is 2.42. The predicted molar refractivity (Wildman–Crippen MR) is 91.8 cm³/mol.